The van der Waals surface area contributed by atoms with Crippen molar-refractivity contribution in [1.82, 2.24) is 10.2 Å². The number of rotatable bonds is 8. The number of imide groups is 1. The Morgan fingerprint density at radius 2 is 1.68 bits per heavy atom. The molecule has 0 aromatic heterocycles. The van der Waals surface area contributed by atoms with Gasteiger partial charge in [-0.25, -0.2) is 9.69 Å². The molecule has 1 aliphatic rings. The number of urea groups is 1. The predicted octanol–water partition coefficient (Wildman–Crippen LogP) is 4.20. The van der Waals surface area contributed by atoms with Crippen LogP contribution in [0.4, 0.5) is 16.2 Å². The highest BCUT2D eigenvalue weighted by atomic mass is 35.5. The number of nitrogens with one attached hydrogen (secondary N) is 3. The molecule has 37 heavy (non-hydrogen) atoms. The van der Waals surface area contributed by atoms with Gasteiger partial charge in [-0.3, -0.25) is 14.4 Å². The molecule has 0 spiro atoms. The minimum absolute atomic E-state index is 0.000305. The van der Waals surface area contributed by atoms with Gasteiger partial charge in [0.25, 0.3) is 11.8 Å². The molecule has 9 nitrogen and oxygen atoms in total. The van der Waals surface area contributed by atoms with Crippen molar-refractivity contribution >= 4 is 52.8 Å². The first-order valence-electron chi connectivity index (χ1n) is 11.3. The highest BCUT2D eigenvalue weighted by Crippen LogP contribution is 2.27. The third-order valence-corrected chi connectivity index (χ3v) is 5.54. The summed E-state index contributed by atoms with van der Waals surface area (Å²) >= 11 is 6.29. The SMILES string of the molecule is Cc1cccc(NC(=O)CN2C(=O)N/C(=C/c3ccc(OCC(=O)Nc4ccccc4)c(Cl)c3)C2=O)c1. The van der Waals surface area contributed by atoms with Gasteiger partial charge in [0.1, 0.15) is 18.0 Å². The van der Waals surface area contributed by atoms with Gasteiger partial charge in [0, 0.05) is 11.4 Å². The number of anilines is 2. The van der Waals surface area contributed by atoms with Gasteiger partial charge in [0.2, 0.25) is 5.91 Å². The summed E-state index contributed by atoms with van der Waals surface area (Å²) < 4.78 is 5.50. The zero-order chi connectivity index (χ0) is 26.4. The fraction of sp³-hybridized carbons (Fsp3) is 0.111. The first-order chi connectivity index (χ1) is 17.8. The molecule has 0 unspecified atom stereocenters. The smallest absolute Gasteiger partial charge is 0.329 e. The average molecular weight is 519 g/mol. The zero-order valence-corrected chi connectivity index (χ0v) is 20.5. The van der Waals surface area contributed by atoms with Crippen molar-refractivity contribution in [2.24, 2.45) is 0 Å². The monoisotopic (exact) mass is 518 g/mol. The first-order valence-corrected chi connectivity index (χ1v) is 11.6. The molecule has 0 aliphatic carbocycles. The summed E-state index contributed by atoms with van der Waals surface area (Å²) in [5.74, 6) is -1.21. The average Bonchev–Trinajstić information content (AvgIpc) is 3.11. The molecule has 0 saturated carbocycles. The minimum atomic E-state index is -0.703. The molecule has 0 atom stereocenters. The van der Waals surface area contributed by atoms with E-state index in [1.807, 2.05) is 19.1 Å². The number of hydrogen-bond acceptors (Lipinski definition) is 5. The third kappa shape index (κ3) is 6.74. The highest BCUT2D eigenvalue weighted by molar-refractivity contribution is 6.32. The summed E-state index contributed by atoms with van der Waals surface area (Å²) in [6, 6.07) is 20.1. The Morgan fingerprint density at radius 3 is 2.41 bits per heavy atom. The maximum absolute atomic E-state index is 12.7. The lowest BCUT2D eigenvalue weighted by molar-refractivity contribution is -0.127. The fourth-order valence-corrected chi connectivity index (χ4v) is 3.78. The molecule has 3 N–H and O–H groups in total. The Hall–Kier alpha value is -4.63. The normalized spacial score (nSPS) is 13.9. The van der Waals surface area contributed by atoms with E-state index in [-0.39, 0.29) is 29.0 Å². The molecule has 5 amide bonds. The number of ether oxygens (including phenoxy) is 1. The molecule has 1 aliphatic heterocycles. The quantitative estimate of drug-likeness (QED) is 0.305. The summed E-state index contributed by atoms with van der Waals surface area (Å²) in [5.41, 5.74) is 2.70. The largest absolute Gasteiger partial charge is 0.482 e. The van der Waals surface area contributed by atoms with E-state index >= 15 is 0 Å². The summed E-state index contributed by atoms with van der Waals surface area (Å²) in [7, 11) is 0. The zero-order valence-electron chi connectivity index (χ0n) is 19.8. The van der Waals surface area contributed by atoms with E-state index < -0.39 is 24.4 Å². The molecule has 188 valence electrons. The summed E-state index contributed by atoms with van der Waals surface area (Å²) in [6.07, 6.45) is 1.44. The Kier molecular flexibility index (Phi) is 7.85. The van der Waals surface area contributed by atoms with Crippen molar-refractivity contribution in [3.8, 4) is 5.75 Å². The second kappa shape index (κ2) is 11.4. The lowest BCUT2D eigenvalue weighted by Crippen LogP contribution is -2.38. The maximum atomic E-state index is 12.7. The van der Waals surface area contributed by atoms with Gasteiger partial charge in [0.05, 0.1) is 5.02 Å². The Balaban J connectivity index is 1.35. The number of carbonyl (C=O) groups is 4. The van der Waals surface area contributed by atoms with Crippen molar-refractivity contribution < 1.29 is 23.9 Å². The Labute approximate surface area is 218 Å². The van der Waals surface area contributed by atoms with Crippen molar-refractivity contribution in [2.45, 2.75) is 6.92 Å². The van der Waals surface area contributed by atoms with E-state index in [9.17, 15) is 19.2 Å². The second-order valence-electron chi connectivity index (χ2n) is 8.19. The van der Waals surface area contributed by atoms with Gasteiger partial charge in [-0.1, -0.05) is 48.0 Å². The van der Waals surface area contributed by atoms with Crippen LogP contribution >= 0.6 is 11.6 Å². The van der Waals surface area contributed by atoms with Crippen LogP contribution in [0.2, 0.25) is 5.02 Å². The topological polar surface area (TPSA) is 117 Å². The highest BCUT2D eigenvalue weighted by Gasteiger charge is 2.35. The molecule has 4 rings (SSSR count). The van der Waals surface area contributed by atoms with Crippen LogP contribution < -0.4 is 20.7 Å². The van der Waals surface area contributed by atoms with E-state index in [0.717, 1.165) is 10.5 Å². The molecular weight excluding hydrogens is 496 g/mol. The molecule has 0 radical (unpaired) electrons. The van der Waals surface area contributed by atoms with Crippen LogP contribution in [0, 0.1) is 6.92 Å². The number of aryl methyl sites for hydroxylation is 1. The molecule has 0 bridgehead atoms. The molecular formula is C27H23ClN4O5. The molecule has 3 aromatic rings. The minimum Gasteiger partial charge on any atom is -0.482 e. The van der Waals surface area contributed by atoms with Crippen LogP contribution in [0.1, 0.15) is 11.1 Å². The van der Waals surface area contributed by atoms with Crippen molar-refractivity contribution in [1.29, 1.82) is 0 Å². The van der Waals surface area contributed by atoms with Crippen LogP contribution in [0.3, 0.4) is 0 Å². The van der Waals surface area contributed by atoms with Crippen LogP contribution in [0.15, 0.2) is 78.5 Å². The van der Waals surface area contributed by atoms with Crippen LogP contribution in [-0.4, -0.2) is 41.8 Å². The molecule has 1 saturated heterocycles. The Bertz CT molecular complexity index is 1390. The van der Waals surface area contributed by atoms with E-state index in [1.165, 1.54) is 12.1 Å². The van der Waals surface area contributed by atoms with Gasteiger partial charge >= 0.3 is 6.03 Å². The molecule has 3 aromatic carbocycles. The lowest BCUT2D eigenvalue weighted by Gasteiger charge is -2.12. The van der Waals surface area contributed by atoms with E-state index in [2.05, 4.69) is 16.0 Å². The first kappa shape index (κ1) is 25.5. The number of hydrogen-bond donors (Lipinski definition) is 3. The van der Waals surface area contributed by atoms with Gasteiger partial charge in [-0.05, 0) is 60.5 Å². The maximum Gasteiger partial charge on any atom is 0.329 e. The van der Waals surface area contributed by atoms with Crippen LogP contribution in [-0.2, 0) is 14.4 Å². The van der Waals surface area contributed by atoms with Crippen molar-refractivity contribution in [3.63, 3.8) is 0 Å². The van der Waals surface area contributed by atoms with Crippen molar-refractivity contribution in [3.05, 3.63) is 94.6 Å². The predicted molar refractivity (Wildman–Crippen MR) is 140 cm³/mol. The van der Waals surface area contributed by atoms with E-state index in [0.29, 0.717) is 16.9 Å². The summed E-state index contributed by atoms with van der Waals surface area (Å²) in [6.45, 7) is 1.20. The summed E-state index contributed by atoms with van der Waals surface area (Å²) in [5, 5.41) is 8.06. The van der Waals surface area contributed by atoms with E-state index in [4.69, 9.17) is 16.3 Å². The molecule has 1 heterocycles. The van der Waals surface area contributed by atoms with Crippen LogP contribution in [0.5, 0.6) is 5.75 Å². The van der Waals surface area contributed by atoms with Gasteiger partial charge in [-0.15, -0.1) is 0 Å². The Morgan fingerprint density at radius 1 is 0.946 bits per heavy atom. The standard InChI is InChI=1S/C27H23ClN4O5/c1-17-6-5-9-20(12-17)30-24(33)15-32-26(35)22(31-27(32)36)14-18-10-11-23(21(28)13-18)37-16-25(34)29-19-7-3-2-4-8-19/h2-14H,15-16H2,1H3,(H,29,34)(H,30,33)(H,31,36)/b22-14+. The fourth-order valence-electron chi connectivity index (χ4n) is 3.53. The van der Waals surface area contributed by atoms with Crippen LogP contribution in [0.25, 0.3) is 6.08 Å². The molecule has 10 heteroatoms. The summed E-state index contributed by atoms with van der Waals surface area (Å²) in [4.78, 5) is 50.3. The number of nitrogens with zero attached hydrogens (tertiary/aromatic N) is 1. The lowest BCUT2D eigenvalue weighted by atomic mass is 10.2. The molecule has 1 fully saturated rings. The van der Waals surface area contributed by atoms with E-state index in [1.54, 1.807) is 54.6 Å². The van der Waals surface area contributed by atoms with Gasteiger partial charge in [-0.2, -0.15) is 0 Å². The van der Waals surface area contributed by atoms with Crippen molar-refractivity contribution in [2.75, 3.05) is 23.8 Å². The second-order valence-corrected chi connectivity index (χ2v) is 8.60. The number of halogens is 1. The number of para-hydroxylation sites is 1. The number of benzene rings is 3. The number of carbonyl (C=O) groups excluding carboxylic acids is 4. The van der Waals surface area contributed by atoms with Gasteiger partial charge in [0.15, 0.2) is 6.61 Å². The third-order valence-electron chi connectivity index (χ3n) is 5.25. The van der Waals surface area contributed by atoms with Gasteiger partial charge < -0.3 is 20.7 Å². The number of amides is 5.